The summed E-state index contributed by atoms with van der Waals surface area (Å²) in [6.45, 7) is -0.00143. The summed E-state index contributed by atoms with van der Waals surface area (Å²) in [4.78, 5) is 11.5. The largest absolute Gasteiger partial charge is 0.503 e. The first-order valence-corrected chi connectivity index (χ1v) is 5.74. The van der Waals surface area contributed by atoms with Crippen molar-refractivity contribution in [1.82, 2.24) is 0 Å². The lowest BCUT2D eigenvalue weighted by Gasteiger charge is -2.10. The smallest absolute Gasteiger partial charge is 0.340 e. The normalized spacial score (nSPS) is 12.7. The fourth-order valence-corrected chi connectivity index (χ4v) is 2.79. The van der Waals surface area contributed by atoms with E-state index in [4.69, 9.17) is 9.47 Å². The number of aromatic hydroxyl groups is 1. The predicted molar refractivity (Wildman–Crippen MR) is 61.0 cm³/mol. The van der Waals surface area contributed by atoms with Gasteiger partial charge in [0.25, 0.3) is 0 Å². The third-order valence-electron chi connectivity index (χ3n) is 2.06. The van der Waals surface area contributed by atoms with Crippen molar-refractivity contribution >= 4 is 37.8 Å². The van der Waals surface area contributed by atoms with Crippen molar-refractivity contribution in [2.24, 2.45) is 0 Å². The maximum absolute atomic E-state index is 11.5. The molecular weight excluding hydrogens is 348 g/mol. The van der Waals surface area contributed by atoms with Crippen molar-refractivity contribution in [3.05, 3.63) is 14.5 Å². The highest BCUT2D eigenvalue weighted by Gasteiger charge is 2.30. The highest BCUT2D eigenvalue weighted by atomic mass is 79.9. The summed E-state index contributed by atoms with van der Waals surface area (Å²) in [5.74, 6) is -0.282. The summed E-state index contributed by atoms with van der Waals surface area (Å²) in [6.07, 6.45) is 0. The Morgan fingerprint density at radius 1 is 1.31 bits per heavy atom. The molecule has 0 bridgehead atoms. The van der Waals surface area contributed by atoms with Gasteiger partial charge in [0.1, 0.15) is 0 Å². The molecule has 2 rings (SSSR count). The summed E-state index contributed by atoms with van der Waals surface area (Å²) in [5.41, 5.74) is 0.157. The minimum Gasteiger partial charge on any atom is -0.503 e. The predicted octanol–water partition coefficient (Wildman–Crippen LogP) is 2.43. The van der Waals surface area contributed by atoms with Crippen molar-refractivity contribution in [2.75, 3.05) is 13.9 Å². The standard InChI is InChI=1S/C9H6Br2O5/c1-14-9(13)3-4(10)6(12)8-7(5(3)11)15-2-16-8/h12H,2H2,1H3. The van der Waals surface area contributed by atoms with Crippen LogP contribution >= 0.6 is 31.9 Å². The molecule has 0 fully saturated rings. The molecule has 1 aliphatic rings. The molecule has 0 saturated heterocycles. The monoisotopic (exact) mass is 352 g/mol. The Morgan fingerprint density at radius 2 is 1.94 bits per heavy atom. The number of rotatable bonds is 1. The molecule has 16 heavy (non-hydrogen) atoms. The molecule has 0 atom stereocenters. The molecule has 0 saturated carbocycles. The number of ether oxygens (including phenoxy) is 3. The van der Waals surface area contributed by atoms with Crippen LogP contribution in [0.15, 0.2) is 8.95 Å². The van der Waals surface area contributed by atoms with Gasteiger partial charge in [-0.1, -0.05) is 0 Å². The van der Waals surface area contributed by atoms with Gasteiger partial charge in [-0.3, -0.25) is 0 Å². The van der Waals surface area contributed by atoms with Crippen molar-refractivity contribution < 1.29 is 24.1 Å². The third kappa shape index (κ3) is 1.54. The number of carbonyl (C=O) groups is 1. The van der Waals surface area contributed by atoms with Crippen LogP contribution in [0.4, 0.5) is 0 Å². The number of phenolic OH excluding ortho intramolecular Hbond substituents is 1. The second kappa shape index (κ2) is 4.14. The number of carbonyl (C=O) groups excluding carboxylic acids is 1. The van der Waals surface area contributed by atoms with Crippen LogP contribution < -0.4 is 9.47 Å². The van der Waals surface area contributed by atoms with Gasteiger partial charge in [0.05, 0.1) is 21.6 Å². The van der Waals surface area contributed by atoms with Gasteiger partial charge in [-0.05, 0) is 31.9 Å². The molecule has 0 aliphatic carbocycles. The van der Waals surface area contributed by atoms with E-state index < -0.39 is 5.97 Å². The van der Waals surface area contributed by atoms with Gasteiger partial charge in [0.15, 0.2) is 11.5 Å². The van der Waals surface area contributed by atoms with Crippen molar-refractivity contribution in [1.29, 1.82) is 0 Å². The minimum atomic E-state index is -0.590. The van der Waals surface area contributed by atoms with Gasteiger partial charge in [-0.25, -0.2) is 4.79 Å². The SMILES string of the molecule is COC(=O)c1c(Br)c(O)c2c(c1Br)OCO2. The van der Waals surface area contributed by atoms with Gasteiger partial charge in [-0.2, -0.15) is 0 Å². The Hall–Kier alpha value is -0.950. The molecular formula is C9H6Br2O5. The van der Waals surface area contributed by atoms with E-state index in [0.717, 1.165) is 0 Å². The van der Waals surface area contributed by atoms with E-state index in [-0.39, 0.29) is 28.3 Å². The molecule has 1 heterocycles. The third-order valence-corrected chi connectivity index (χ3v) is 3.59. The van der Waals surface area contributed by atoms with E-state index in [1.165, 1.54) is 7.11 Å². The molecule has 1 N–H and O–H groups in total. The molecule has 0 unspecified atom stereocenters. The molecule has 5 nitrogen and oxygen atoms in total. The van der Waals surface area contributed by atoms with Crippen molar-refractivity contribution in [3.8, 4) is 17.2 Å². The molecule has 1 aromatic rings. The van der Waals surface area contributed by atoms with Gasteiger partial charge in [0, 0.05) is 0 Å². The van der Waals surface area contributed by atoms with Crippen LogP contribution in [-0.2, 0) is 4.74 Å². The Labute approximate surface area is 108 Å². The van der Waals surface area contributed by atoms with Crippen LogP contribution in [0, 0.1) is 0 Å². The summed E-state index contributed by atoms with van der Waals surface area (Å²) < 4.78 is 15.4. The molecule has 7 heteroatoms. The Morgan fingerprint density at radius 3 is 2.56 bits per heavy atom. The fraction of sp³-hybridized carbons (Fsp3) is 0.222. The van der Waals surface area contributed by atoms with E-state index in [9.17, 15) is 9.90 Å². The molecule has 0 amide bonds. The number of phenols is 1. The Kier molecular flexibility index (Phi) is 2.98. The zero-order valence-electron chi connectivity index (χ0n) is 8.04. The summed E-state index contributed by atoms with van der Waals surface area (Å²) in [5, 5.41) is 9.79. The average Bonchev–Trinajstić information content (AvgIpc) is 2.75. The minimum absolute atomic E-state index is 0.00143. The van der Waals surface area contributed by atoms with Gasteiger partial charge in [-0.15, -0.1) is 0 Å². The maximum atomic E-state index is 11.5. The number of hydrogen-bond acceptors (Lipinski definition) is 5. The number of benzene rings is 1. The molecule has 1 aliphatic heterocycles. The molecule has 0 spiro atoms. The number of esters is 1. The van der Waals surface area contributed by atoms with E-state index in [2.05, 4.69) is 36.6 Å². The highest BCUT2D eigenvalue weighted by molar-refractivity contribution is 9.11. The van der Waals surface area contributed by atoms with Crippen LogP contribution in [0.2, 0.25) is 0 Å². The lowest BCUT2D eigenvalue weighted by atomic mass is 10.2. The number of methoxy groups -OCH3 is 1. The first-order valence-electron chi connectivity index (χ1n) is 4.15. The first kappa shape index (κ1) is 11.5. The summed E-state index contributed by atoms with van der Waals surface area (Å²) >= 11 is 6.32. The Balaban J connectivity index is 2.71. The number of fused-ring (bicyclic) bond motifs is 1. The highest BCUT2D eigenvalue weighted by Crippen LogP contribution is 2.51. The number of halogens is 2. The quantitative estimate of drug-likeness (QED) is 0.785. The summed E-state index contributed by atoms with van der Waals surface area (Å²) in [7, 11) is 1.25. The van der Waals surface area contributed by atoms with Gasteiger partial charge in [0.2, 0.25) is 12.5 Å². The van der Waals surface area contributed by atoms with Crippen LogP contribution in [-0.4, -0.2) is 25.0 Å². The second-order valence-corrected chi connectivity index (χ2v) is 4.49. The zero-order valence-corrected chi connectivity index (χ0v) is 11.2. The van der Waals surface area contributed by atoms with Gasteiger partial charge >= 0.3 is 5.97 Å². The number of hydrogen-bond donors (Lipinski definition) is 1. The van der Waals surface area contributed by atoms with Crippen molar-refractivity contribution in [2.45, 2.75) is 0 Å². The first-order chi connectivity index (χ1) is 7.57. The zero-order chi connectivity index (χ0) is 11.9. The van der Waals surface area contributed by atoms with Crippen molar-refractivity contribution in [3.63, 3.8) is 0 Å². The van der Waals surface area contributed by atoms with E-state index in [1.807, 2.05) is 0 Å². The van der Waals surface area contributed by atoms with Gasteiger partial charge < -0.3 is 19.3 Å². The van der Waals surface area contributed by atoms with Crippen LogP contribution in [0.25, 0.3) is 0 Å². The van der Waals surface area contributed by atoms with E-state index in [0.29, 0.717) is 10.2 Å². The topological polar surface area (TPSA) is 65.0 Å². The molecule has 0 radical (unpaired) electrons. The molecule has 86 valence electrons. The second-order valence-electron chi connectivity index (χ2n) is 2.91. The molecule has 0 aromatic heterocycles. The molecule has 1 aromatic carbocycles. The van der Waals surface area contributed by atoms with Crippen LogP contribution in [0.1, 0.15) is 10.4 Å². The van der Waals surface area contributed by atoms with Crippen LogP contribution in [0.5, 0.6) is 17.2 Å². The lowest BCUT2D eigenvalue weighted by molar-refractivity contribution is 0.0597. The average molecular weight is 354 g/mol. The summed E-state index contributed by atoms with van der Waals surface area (Å²) in [6, 6.07) is 0. The van der Waals surface area contributed by atoms with E-state index >= 15 is 0 Å². The lowest BCUT2D eigenvalue weighted by Crippen LogP contribution is -2.04. The van der Waals surface area contributed by atoms with E-state index in [1.54, 1.807) is 0 Å². The fourth-order valence-electron chi connectivity index (χ4n) is 1.33. The van der Waals surface area contributed by atoms with Crippen LogP contribution in [0.3, 0.4) is 0 Å². The Bertz CT molecular complexity index is 472. The maximum Gasteiger partial charge on any atom is 0.340 e.